The van der Waals surface area contributed by atoms with E-state index in [2.05, 4.69) is 5.32 Å². The number of carboxylic acids is 1. The lowest BCUT2D eigenvalue weighted by Gasteiger charge is -2.58. The second-order valence-electron chi connectivity index (χ2n) is 11.4. The molecule has 2 heterocycles. The Labute approximate surface area is 256 Å². The number of epoxide rings is 1. The van der Waals surface area contributed by atoms with Gasteiger partial charge in [0.25, 0.3) is 0 Å². The number of methoxy groups -OCH3 is 1. The van der Waals surface area contributed by atoms with E-state index in [1.807, 2.05) is 84.9 Å². The molecule has 3 aromatic rings. The molecule has 8 atom stereocenters. The summed E-state index contributed by atoms with van der Waals surface area (Å²) in [6, 6.07) is 26.7. The lowest BCUT2D eigenvalue weighted by atomic mass is 9.63. The van der Waals surface area contributed by atoms with Crippen molar-refractivity contribution in [3.05, 3.63) is 102 Å². The fraction of sp³-hybridized carbons (Fsp3) is 0.412. The molecule has 2 aliphatic heterocycles. The number of hydrogen-bond donors (Lipinski definition) is 2. The van der Waals surface area contributed by atoms with Crippen LogP contribution in [-0.2, 0) is 53.1 Å². The van der Waals surface area contributed by atoms with E-state index in [1.54, 1.807) is 7.11 Å². The Hall–Kier alpha value is -3.80. The molecule has 2 bridgehead atoms. The average molecular weight is 604 g/mol. The van der Waals surface area contributed by atoms with Crippen LogP contribution < -0.4 is 10.1 Å². The van der Waals surface area contributed by atoms with Gasteiger partial charge in [-0.15, -0.1) is 0 Å². The van der Waals surface area contributed by atoms with Crippen molar-refractivity contribution < 1.29 is 43.1 Å². The van der Waals surface area contributed by atoms with E-state index < -0.39 is 54.2 Å². The molecule has 0 unspecified atom stereocenters. The third-order valence-corrected chi connectivity index (χ3v) is 8.58. The number of carbonyl (C=O) groups excluding carboxylic acids is 1. The molecule has 3 fully saturated rings. The van der Waals surface area contributed by atoms with Gasteiger partial charge >= 0.3 is 5.97 Å². The highest BCUT2D eigenvalue weighted by Gasteiger charge is 2.75. The first-order chi connectivity index (χ1) is 21.4. The number of fused-ring (bicyclic) bond motifs is 4. The highest BCUT2D eigenvalue weighted by molar-refractivity contribution is 5.75. The lowest BCUT2D eigenvalue weighted by Crippen LogP contribution is -2.80. The quantitative estimate of drug-likeness (QED) is 0.280. The molecule has 232 valence electrons. The Kier molecular flexibility index (Phi) is 8.97. The van der Waals surface area contributed by atoms with Crippen LogP contribution in [0.1, 0.15) is 30.0 Å². The van der Waals surface area contributed by atoms with Gasteiger partial charge in [0.2, 0.25) is 5.91 Å². The van der Waals surface area contributed by atoms with Gasteiger partial charge in [0.05, 0.1) is 39.5 Å². The minimum Gasteiger partial charge on any atom is -0.497 e. The molecule has 0 spiro atoms. The minimum absolute atomic E-state index is 0.170. The second-order valence-corrected chi connectivity index (χ2v) is 11.4. The maximum atomic E-state index is 13.0. The van der Waals surface area contributed by atoms with Crippen molar-refractivity contribution in [1.82, 2.24) is 5.32 Å². The van der Waals surface area contributed by atoms with E-state index >= 15 is 0 Å². The number of aliphatic carboxylic acids is 1. The molecule has 1 amide bonds. The largest absolute Gasteiger partial charge is 0.497 e. The number of hydrogen-bond acceptors (Lipinski definition) is 8. The maximum absolute atomic E-state index is 13.0. The third kappa shape index (κ3) is 6.22. The molecule has 3 aliphatic rings. The van der Waals surface area contributed by atoms with E-state index in [-0.39, 0.29) is 32.1 Å². The summed E-state index contributed by atoms with van der Waals surface area (Å²) in [5.41, 5.74) is 1.35. The molecule has 2 saturated heterocycles. The Bertz CT molecular complexity index is 1420. The molecular formula is C34H37NO9. The first kappa shape index (κ1) is 30.2. The lowest BCUT2D eigenvalue weighted by molar-refractivity contribution is -0.331. The fourth-order valence-electron chi connectivity index (χ4n) is 6.63. The number of rotatable bonds is 13. The van der Waals surface area contributed by atoms with Crippen LogP contribution in [0.4, 0.5) is 0 Å². The van der Waals surface area contributed by atoms with Crippen LogP contribution in [0, 0.1) is 5.92 Å². The normalized spacial score (nSPS) is 30.2. The number of carboxylic acid groups (broad SMARTS) is 1. The maximum Gasteiger partial charge on any atom is 0.303 e. The zero-order valence-electron chi connectivity index (χ0n) is 24.7. The van der Waals surface area contributed by atoms with Crippen molar-refractivity contribution in [2.24, 2.45) is 5.92 Å². The standard InChI is InChI=1S/C34H37NO9/c1-21(36)35-34-26(17-27(37)38)28-29(43-28)30(31(34)40-18-22-9-5-3-6-10-22)44-33(32(34)41-19-23-11-7-4-8-12-23)42-20-24-13-15-25(39-2)16-14-24/h3-16,26,28-33H,17-20H2,1-2H3,(H,35,36)(H,37,38)/t26-,28-,29-,30+,31+,32+,33-,34+/m0/s1. The molecular weight excluding hydrogens is 566 g/mol. The van der Waals surface area contributed by atoms with Crippen molar-refractivity contribution in [2.75, 3.05) is 7.11 Å². The van der Waals surface area contributed by atoms with Gasteiger partial charge in [-0.05, 0) is 28.8 Å². The van der Waals surface area contributed by atoms with E-state index in [0.29, 0.717) is 0 Å². The van der Waals surface area contributed by atoms with Crippen LogP contribution in [0.5, 0.6) is 5.75 Å². The van der Waals surface area contributed by atoms with Gasteiger partial charge < -0.3 is 38.8 Å². The van der Waals surface area contributed by atoms with E-state index in [4.69, 9.17) is 28.4 Å². The summed E-state index contributed by atoms with van der Waals surface area (Å²) < 4.78 is 37.7. The summed E-state index contributed by atoms with van der Waals surface area (Å²) in [6.07, 6.45) is -4.49. The van der Waals surface area contributed by atoms with Crippen molar-refractivity contribution in [3.8, 4) is 5.75 Å². The van der Waals surface area contributed by atoms with Gasteiger partial charge in [-0.25, -0.2) is 0 Å². The highest BCUT2D eigenvalue weighted by atomic mass is 16.7. The van der Waals surface area contributed by atoms with Gasteiger partial charge in [0.15, 0.2) is 6.29 Å². The van der Waals surface area contributed by atoms with E-state index in [9.17, 15) is 14.7 Å². The molecule has 3 aromatic carbocycles. The molecule has 0 radical (unpaired) electrons. The zero-order valence-corrected chi connectivity index (χ0v) is 24.7. The number of benzene rings is 3. The first-order valence-electron chi connectivity index (χ1n) is 14.8. The van der Waals surface area contributed by atoms with Crippen LogP contribution in [0.15, 0.2) is 84.9 Å². The Morgan fingerprint density at radius 2 is 1.32 bits per heavy atom. The van der Waals surface area contributed by atoms with Crippen LogP contribution in [0.3, 0.4) is 0 Å². The number of carbonyl (C=O) groups is 2. The predicted molar refractivity (Wildman–Crippen MR) is 157 cm³/mol. The summed E-state index contributed by atoms with van der Waals surface area (Å²) in [5.74, 6) is -1.32. The predicted octanol–water partition coefficient (Wildman–Crippen LogP) is 3.85. The zero-order chi connectivity index (χ0) is 30.7. The number of ether oxygens (including phenoxy) is 6. The Balaban J connectivity index is 1.39. The van der Waals surface area contributed by atoms with Gasteiger partial charge in [0, 0.05) is 12.8 Å². The first-order valence-corrected chi connectivity index (χ1v) is 14.8. The summed E-state index contributed by atoms with van der Waals surface area (Å²) in [4.78, 5) is 25.4. The molecule has 0 aromatic heterocycles. The summed E-state index contributed by atoms with van der Waals surface area (Å²) >= 11 is 0. The van der Waals surface area contributed by atoms with Crippen LogP contribution >= 0.6 is 0 Å². The van der Waals surface area contributed by atoms with Gasteiger partial charge in [-0.1, -0.05) is 72.8 Å². The SMILES string of the molecule is COc1ccc(CO[C@H]2O[C@@H]3[C@H]4O[C@H]4[C@H](CC(=O)O)[C@](NC(C)=O)([C@@H]2OCc2ccccc2)[C@@H]3OCc2ccccc2)cc1. The Morgan fingerprint density at radius 3 is 1.89 bits per heavy atom. The van der Waals surface area contributed by atoms with E-state index in [0.717, 1.165) is 22.4 Å². The monoisotopic (exact) mass is 603 g/mol. The van der Waals surface area contributed by atoms with E-state index in [1.165, 1.54) is 6.92 Å². The third-order valence-electron chi connectivity index (χ3n) is 8.58. The molecule has 1 saturated carbocycles. The van der Waals surface area contributed by atoms with Crippen LogP contribution in [0.25, 0.3) is 0 Å². The van der Waals surface area contributed by atoms with Gasteiger partial charge in [0.1, 0.15) is 35.7 Å². The summed E-state index contributed by atoms with van der Waals surface area (Å²) in [5, 5.41) is 13.2. The van der Waals surface area contributed by atoms with Crippen molar-refractivity contribution in [1.29, 1.82) is 0 Å². The summed E-state index contributed by atoms with van der Waals surface area (Å²) in [6.45, 7) is 1.97. The minimum atomic E-state index is -1.35. The fourth-order valence-corrected chi connectivity index (χ4v) is 6.63. The molecule has 10 heteroatoms. The van der Waals surface area contributed by atoms with Gasteiger partial charge in [-0.3, -0.25) is 9.59 Å². The highest BCUT2D eigenvalue weighted by Crippen LogP contribution is 2.55. The van der Waals surface area contributed by atoms with Crippen molar-refractivity contribution in [2.45, 2.75) is 75.5 Å². The summed E-state index contributed by atoms with van der Waals surface area (Å²) in [7, 11) is 1.60. The molecule has 10 nitrogen and oxygen atoms in total. The molecule has 1 aliphatic carbocycles. The Morgan fingerprint density at radius 1 is 0.750 bits per heavy atom. The van der Waals surface area contributed by atoms with Crippen molar-refractivity contribution >= 4 is 11.9 Å². The average Bonchev–Trinajstić information content (AvgIpc) is 3.82. The molecule has 2 N–H and O–H groups in total. The topological polar surface area (TPSA) is 125 Å². The number of amides is 1. The van der Waals surface area contributed by atoms with Crippen molar-refractivity contribution in [3.63, 3.8) is 0 Å². The van der Waals surface area contributed by atoms with Gasteiger partial charge in [-0.2, -0.15) is 0 Å². The van der Waals surface area contributed by atoms with Crippen LogP contribution in [0.2, 0.25) is 0 Å². The molecule has 44 heavy (non-hydrogen) atoms. The van der Waals surface area contributed by atoms with Crippen LogP contribution in [-0.4, -0.2) is 66.4 Å². The second kappa shape index (κ2) is 13.1. The smallest absolute Gasteiger partial charge is 0.303 e. The molecule has 6 rings (SSSR count). The number of nitrogens with one attached hydrogen (secondary N) is 1.